The Kier molecular flexibility index (Phi) is 11.7. The summed E-state index contributed by atoms with van der Waals surface area (Å²) >= 11 is 0. The standard InChI is InChI=1S/C29H47N3O5/c1-21(2)32(29(34)24-8-7-22(3)27(16-24)37-12-6-11-35-5)20-26-18-30-17-25(26)19-31(4)28(33)15-23-9-13-36-14-10-23/h7-8,16,21,23,25-26,30H,6,9-15,17-20H2,1-5H3/t25-,26-/m0/s1. The number of hydrogen-bond donors (Lipinski definition) is 1. The number of hydrogen-bond acceptors (Lipinski definition) is 6. The molecule has 0 aromatic heterocycles. The lowest BCUT2D eigenvalue weighted by Crippen LogP contribution is -2.44. The van der Waals surface area contributed by atoms with Crippen molar-refractivity contribution in [2.45, 2.75) is 52.5 Å². The fourth-order valence-corrected chi connectivity index (χ4v) is 5.24. The molecule has 0 aliphatic carbocycles. The van der Waals surface area contributed by atoms with E-state index in [9.17, 15) is 9.59 Å². The van der Waals surface area contributed by atoms with Gasteiger partial charge in [0.05, 0.1) is 6.61 Å². The number of aryl methyl sites for hydroxylation is 1. The monoisotopic (exact) mass is 517 g/mol. The summed E-state index contributed by atoms with van der Waals surface area (Å²) in [6.07, 6.45) is 3.34. The van der Waals surface area contributed by atoms with E-state index in [4.69, 9.17) is 14.2 Å². The fraction of sp³-hybridized carbons (Fsp3) is 0.724. The van der Waals surface area contributed by atoms with Crippen molar-refractivity contribution in [3.05, 3.63) is 29.3 Å². The maximum atomic E-state index is 13.6. The molecule has 2 amide bonds. The average Bonchev–Trinajstić information content (AvgIpc) is 3.32. The molecule has 2 saturated heterocycles. The Hall–Kier alpha value is -2.16. The molecule has 0 unspecified atom stereocenters. The number of amides is 2. The van der Waals surface area contributed by atoms with Gasteiger partial charge >= 0.3 is 0 Å². The zero-order valence-corrected chi connectivity index (χ0v) is 23.5. The first-order chi connectivity index (χ1) is 17.8. The summed E-state index contributed by atoms with van der Waals surface area (Å²) in [4.78, 5) is 30.4. The third kappa shape index (κ3) is 8.69. The van der Waals surface area contributed by atoms with Crippen molar-refractivity contribution in [1.82, 2.24) is 15.1 Å². The third-order valence-electron chi connectivity index (χ3n) is 7.72. The minimum atomic E-state index is 0.0198. The van der Waals surface area contributed by atoms with Crippen LogP contribution in [0, 0.1) is 24.7 Å². The number of benzene rings is 1. The quantitative estimate of drug-likeness (QED) is 0.404. The van der Waals surface area contributed by atoms with Crippen LogP contribution in [0.15, 0.2) is 18.2 Å². The smallest absolute Gasteiger partial charge is 0.254 e. The lowest BCUT2D eigenvalue weighted by Gasteiger charge is -2.33. The van der Waals surface area contributed by atoms with E-state index in [0.717, 1.165) is 56.9 Å². The number of carbonyl (C=O) groups is 2. The minimum absolute atomic E-state index is 0.0198. The third-order valence-corrected chi connectivity index (χ3v) is 7.72. The van der Waals surface area contributed by atoms with E-state index in [0.29, 0.717) is 56.0 Å². The highest BCUT2D eigenvalue weighted by atomic mass is 16.5. The highest BCUT2D eigenvalue weighted by Crippen LogP contribution is 2.25. The van der Waals surface area contributed by atoms with Gasteiger partial charge in [-0.15, -0.1) is 0 Å². The molecule has 1 N–H and O–H groups in total. The van der Waals surface area contributed by atoms with Crippen LogP contribution in [0.5, 0.6) is 5.75 Å². The summed E-state index contributed by atoms with van der Waals surface area (Å²) in [7, 11) is 3.60. The Labute approximate surface area is 223 Å². The summed E-state index contributed by atoms with van der Waals surface area (Å²) in [5.74, 6) is 2.02. The molecule has 3 rings (SSSR count). The Morgan fingerprint density at radius 3 is 2.49 bits per heavy atom. The molecular weight excluding hydrogens is 470 g/mol. The van der Waals surface area contributed by atoms with E-state index >= 15 is 0 Å². The minimum Gasteiger partial charge on any atom is -0.493 e. The van der Waals surface area contributed by atoms with Gasteiger partial charge in [-0.25, -0.2) is 0 Å². The molecule has 1 aromatic rings. The van der Waals surface area contributed by atoms with Crippen molar-refractivity contribution in [2.24, 2.45) is 17.8 Å². The summed E-state index contributed by atoms with van der Waals surface area (Å²) in [5.41, 5.74) is 1.66. The molecule has 1 aromatic carbocycles. The van der Waals surface area contributed by atoms with Crippen molar-refractivity contribution < 1.29 is 23.8 Å². The van der Waals surface area contributed by atoms with Gasteiger partial charge in [-0.2, -0.15) is 0 Å². The Morgan fingerprint density at radius 1 is 1.11 bits per heavy atom. The summed E-state index contributed by atoms with van der Waals surface area (Å²) in [6.45, 7) is 11.9. The Balaban J connectivity index is 1.60. The number of carbonyl (C=O) groups excluding carboxylic acids is 2. The van der Waals surface area contributed by atoms with Crippen LogP contribution in [0.4, 0.5) is 0 Å². The molecule has 2 atom stereocenters. The average molecular weight is 518 g/mol. The molecule has 2 heterocycles. The molecule has 37 heavy (non-hydrogen) atoms. The predicted octanol–water partition coefficient (Wildman–Crippen LogP) is 3.37. The zero-order chi connectivity index (χ0) is 26.8. The van der Waals surface area contributed by atoms with Crippen LogP contribution in [0.25, 0.3) is 0 Å². The number of methoxy groups -OCH3 is 1. The molecule has 0 spiro atoms. The van der Waals surface area contributed by atoms with Gasteiger partial charge in [0.25, 0.3) is 5.91 Å². The fourth-order valence-electron chi connectivity index (χ4n) is 5.24. The second-order valence-corrected chi connectivity index (χ2v) is 10.9. The van der Waals surface area contributed by atoms with Gasteiger partial charge in [-0.3, -0.25) is 9.59 Å². The lowest BCUT2D eigenvalue weighted by atomic mass is 9.93. The van der Waals surface area contributed by atoms with Gasteiger partial charge in [0, 0.05) is 84.6 Å². The lowest BCUT2D eigenvalue weighted by molar-refractivity contribution is -0.132. The second-order valence-electron chi connectivity index (χ2n) is 10.9. The highest BCUT2D eigenvalue weighted by molar-refractivity contribution is 5.95. The molecule has 2 aliphatic heterocycles. The van der Waals surface area contributed by atoms with Crippen molar-refractivity contribution in [2.75, 3.05) is 66.8 Å². The van der Waals surface area contributed by atoms with E-state index in [2.05, 4.69) is 19.2 Å². The Bertz CT molecular complexity index is 871. The Morgan fingerprint density at radius 2 is 1.81 bits per heavy atom. The van der Waals surface area contributed by atoms with Crippen molar-refractivity contribution in [3.63, 3.8) is 0 Å². The maximum absolute atomic E-state index is 13.6. The van der Waals surface area contributed by atoms with E-state index < -0.39 is 0 Å². The zero-order valence-electron chi connectivity index (χ0n) is 23.5. The molecular formula is C29H47N3O5. The maximum Gasteiger partial charge on any atom is 0.254 e. The summed E-state index contributed by atoms with van der Waals surface area (Å²) in [5, 5.41) is 3.50. The normalized spacial score (nSPS) is 20.3. The van der Waals surface area contributed by atoms with Gasteiger partial charge in [0.2, 0.25) is 5.91 Å². The van der Waals surface area contributed by atoms with E-state index in [1.54, 1.807) is 7.11 Å². The van der Waals surface area contributed by atoms with Crippen LogP contribution in [0.2, 0.25) is 0 Å². The molecule has 8 nitrogen and oxygen atoms in total. The van der Waals surface area contributed by atoms with Crippen molar-refractivity contribution >= 4 is 11.8 Å². The first kappa shape index (κ1) is 29.4. The van der Waals surface area contributed by atoms with Crippen LogP contribution >= 0.6 is 0 Å². The summed E-state index contributed by atoms with van der Waals surface area (Å²) < 4.78 is 16.5. The molecule has 0 radical (unpaired) electrons. The SMILES string of the molecule is COCCCOc1cc(C(=O)N(C[C@@H]2CNC[C@H]2CN(C)C(=O)CC2CCOCC2)C(C)C)ccc1C. The highest BCUT2D eigenvalue weighted by Gasteiger charge is 2.33. The van der Waals surface area contributed by atoms with Gasteiger partial charge in [-0.05, 0) is 69.1 Å². The number of nitrogens with one attached hydrogen (secondary N) is 1. The predicted molar refractivity (Wildman–Crippen MR) is 145 cm³/mol. The largest absolute Gasteiger partial charge is 0.493 e. The van der Waals surface area contributed by atoms with Crippen LogP contribution in [-0.2, 0) is 14.3 Å². The van der Waals surface area contributed by atoms with Crippen LogP contribution in [-0.4, -0.2) is 94.4 Å². The molecule has 0 bridgehead atoms. The first-order valence-electron chi connectivity index (χ1n) is 13.9. The second kappa shape index (κ2) is 14.7. The van der Waals surface area contributed by atoms with E-state index in [1.807, 2.05) is 42.0 Å². The van der Waals surface area contributed by atoms with E-state index in [-0.39, 0.29) is 17.9 Å². The molecule has 8 heteroatoms. The topological polar surface area (TPSA) is 80.3 Å². The number of nitrogens with zero attached hydrogens (tertiary/aromatic N) is 2. The van der Waals surface area contributed by atoms with Crippen LogP contribution < -0.4 is 10.1 Å². The number of rotatable bonds is 13. The van der Waals surface area contributed by atoms with Crippen molar-refractivity contribution in [3.8, 4) is 5.75 Å². The first-order valence-corrected chi connectivity index (χ1v) is 13.9. The van der Waals surface area contributed by atoms with Gasteiger partial charge < -0.3 is 29.3 Å². The molecule has 2 fully saturated rings. The summed E-state index contributed by atoms with van der Waals surface area (Å²) in [6, 6.07) is 5.78. The molecule has 2 aliphatic rings. The van der Waals surface area contributed by atoms with Gasteiger partial charge in [-0.1, -0.05) is 6.07 Å². The van der Waals surface area contributed by atoms with Gasteiger partial charge in [0.15, 0.2) is 0 Å². The number of ether oxygens (including phenoxy) is 3. The molecule has 0 saturated carbocycles. The van der Waals surface area contributed by atoms with Crippen LogP contribution in [0.3, 0.4) is 0 Å². The van der Waals surface area contributed by atoms with Crippen molar-refractivity contribution in [1.29, 1.82) is 0 Å². The van der Waals surface area contributed by atoms with Crippen LogP contribution in [0.1, 0.15) is 55.5 Å². The molecule has 208 valence electrons. The van der Waals surface area contributed by atoms with Gasteiger partial charge in [0.1, 0.15) is 5.75 Å². The van der Waals surface area contributed by atoms with E-state index in [1.165, 1.54) is 0 Å².